The van der Waals surface area contributed by atoms with Crippen molar-refractivity contribution in [3.63, 3.8) is 0 Å². The monoisotopic (exact) mass is 245 g/mol. The maximum atomic E-state index is 11.1. The highest BCUT2D eigenvalue weighted by Crippen LogP contribution is 2.19. The summed E-state index contributed by atoms with van der Waals surface area (Å²) in [5, 5.41) is 0. The lowest BCUT2D eigenvalue weighted by Crippen LogP contribution is -2.08. The first kappa shape index (κ1) is 9.98. The molecule has 0 aliphatic rings. The molecule has 0 atom stereocenters. The summed E-state index contributed by atoms with van der Waals surface area (Å²) in [6.07, 6.45) is 0.677. The first-order valence-corrected chi connectivity index (χ1v) is 4.29. The summed E-state index contributed by atoms with van der Waals surface area (Å²) in [5.41, 5.74) is 0.761. The fourth-order valence-electron chi connectivity index (χ4n) is 1.02. The van der Waals surface area contributed by atoms with E-state index in [0.717, 1.165) is 0 Å². The van der Waals surface area contributed by atoms with Gasteiger partial charge in [0.15, 0.2) is 6.29 Å². The first-order chi connectivity index (χ1) is 6.11. The van der Waals surface area contributed by atoms with Crippen molar-refractivity contribution in [2.24, 2.45) is 7.05 Å². The minimum absolute atomic E-state index is 0.344. The lowest BCUT2D eigenvalue weighted by molar-refractivity contribution is 0.0590. The Kier molecular flexibility index (Phi) is 2.87. The van der Waals surface area contributed by atoms with E-state index in [-0.39, 0.29) is 0 Å². The predicted molar refractivity (Wildman–Crippen MR) is 49.8 cm³/mol. The van der Waals surface area contributed by atoms with Crippen molar-refractivity contribution in [1.29, 1.82) is 0 Å². The molecule has 0 saturated carbocycles. The van der Waals surface area contributed by atoms with E-state index in [1.165, 1.54) is 11.7 Å². The topological polar surface area (TPSA) is 48.3 Å². The molecule has 0 bridgehead atoms. The SMILES string of the molecule is COC(=O)c1cc(Br)c(C=O)n1C. The van der Waals surface area contributed by atoms with Crippen LogP contribution < -0.4 is 0 Å². The average Bonchev–Trinajstić information content (AvgIpc) is 2.40. The maximum absolute atomic E-state index is 11.1. The molecule has 0 aliphatic carbocycles. The number of aromatic nitrogens is 1. The van der Waals surface area contributed by atoms with Gasteiger partial charge in [-0.2, -0.15) is 0 Å². The second kappa shape index (κ2) is 3.74. The van der Waals surface area contributed by atoms with Gasteiger partial charge in [0, 0.05) is 11.5 Å². The molecule has 0 fully saturated rings. The fourth-order valence-corrected chi connectivity index (χ4v) is 1.59. The van der Waals surface area contributed by atoms with Crippen LogP contribution in [-0.4, -0.2) is 23.9 Å². The minimum Gasteiger partial charge on any atom is -0.464 e. The van der Waals surface area contributed by atoms with Gasteiger partial charge in [-0.3, -0.25) is 4.79 Å². The summed E-state index contributed by atoms with van der Waals surface area (Å²) >= 11 is 3.17. The number of aldehydes is 1. The summed E-state index contributed by atoms with van der Waals surface area (Å²) < 4.78 is 6.60. The third kappa shape index (κ3) is 1.65. The number of methoxy groups -OCH3 is 1. The summed E-state index contributed by atoms with van der Waals surface area (Å²) in [7, 11) is 2.92. The highest BCUT2D eigenvalue weighted by Gasteiger charge is 2.15. The third-order valence-corrected chi connectivity index (χ3v) is 2.37. The Morgan fingerprint density at radius 2 is 2.31 bits per heavy atom. The Bertz CT molecular complexity index is 357. The van der Waals surface area contributed by atoms with Gasteiger partial charge in [0.25, 0.3) is 0 Å². The summed E-state index contributed by atoms with van der Waals surface area (Å²) in [5.74, 6) is -0.462. The van der Waals surface area contributed by atoms with E-state index in [0.29, 0.717) is 22.1 Å². The third-order valence-electron chi connectivity index (χ3n) is 1.74. The standard InChI is InChI=1S/C8H8BrNO3/c1-10-6(8(12)13-2)3-5(9)7(10)4-11/h3-4H,1-2H3. The van der Waals surface area contributed by atoms with Crippen molar-refractivity contribution in [2.75, 3.05) is 7.11 Å². The number of carbonyl (C=O) groups is 2. The molecule has 0 spiro atoms. The molecule has 0 radical (unpaired) electrons. The molecule has 1 heterocycles. The molecule has 1 aromatic heterocycles. The van der Waals surface area contributed by atoms with Gasteiger partial charge >= 0.3 is 5.97 Å². The van der Waals surface area contributed by atoms with Crippen LogP contribution in [0.15, 0.2) is 10.5 Å². The van der Waals surface area contributed by atoms with Crippen molar-refractivity contribution in [3.8, 4) is 0 Å². The van der Waals surface area contributed by atoms with Crippen molar-refractivity contribution < 1.29 is 14.3 Å². The molecule has 4 nitrogen and oxygen atoms in total. The number of hydrogen-bond acceptors (Lipinski definition) is 3. The molecule has 1 aromatic rings. The Balaban J connectivity index is 3.25. The quantitative estimate of drug-likeness (QED) is 0.585. The Labute approximate surface area is 83.6 Å². The van der Waals surface area contributed by atoms with Crippen LogP contribution in [0.25, 0.3) is 0 Å². The fraction of sp³-hybridized carbons (Fsp3) is 0.250. The Morgan fingerprint density at radius 3 is 2.69 bits per heavy atom. The smallest absolute Gasteiger partial charge is 0.354 e. The highest BCUT2D eigenvalue weighted by molar-refractivity contribution is 9.10. The Hall–Kier alpha value is -1.10. The van der Waals surface area contributed by atoms with E-state index < -0.39 is 5.97 Å². The number of halogens is 1. The van der Waals surface area contributed by atoms with Crippen molar-refractivity contribution in [1.82, 2.24) is 4.57 Å². The van der Waals surface area contributed by atoms with E-state index >= 15 is 0 Å². The van der Waals surface area contributed by atoms with E-state index in [2.05, 4.69) is 20.7 Å². The molecule has 0 amide bonds. The minimum atomic E-state index is -0.462. The van der Waals surface area contributed by atoms with Crippen molar-refractivity contribution in [3.05, 3.63) is 21.9 Å². The van der Waals surface area contributed by atoms with Crippen LogP contribution in [0.2, 0.25) is 0 Å². The summed E-state index contributed by atoms with van der Waals surface area (Å²) in [4.78, 5) is 21.7. The van der Waals surface area contributed by atoms with Crippen LogP contribution in [-0.2, 0) is 11.8 Å². The highest BCUT2D eigenvalue weighted by atomic mass is 79.9. The van der Waals surface area contributed by atoms with Gasteiger partial charge in [0.2, 0.25) is 0 Å². The molecule has 0 N–H and O–H groups in total. The van der Waals surface area contributed by atoms with Gasteiger partial charge in [0.1, 0.15) is 5.69 Å². The number of nitrogens with zero attached hydrogens (tertiary/aromatic N) is 1. The lowest BCUT2D eigenvalue weighted by Gasteiger charge is -2.00. The maximum Gasteiger partial charge on any atom is 0.354 e. The molecular weight excluding hydrogens is 238 g/mol. The van der Waals surface area contributed by atoms with E-state index in [1.807, 2.05) is 0 Å². The lowest BCUT2D eigenvalue weighted by atomic mass is 10.4. The molecule has 70 valence electrons. The number of hydrogen-bond donors (Lipinski definition) is 0. The van der Waals surface area contributed by atoms with Crippen molar-refractivity contribution in [2.45, 2.75) is 0 Å². The second-order valence-electron chi connectivity index (χ2n) is 2.43. The molecule has 5 heteroatoms. The van der Waals surface area contributed by atoms with E-state index in [4.69, 9.17) is 0 Å². The van der Waals surface area contributed by atoms with Gasteiger partial charge in [-0.25, -0.2) is 4.79 Å². The number of carbonyl (C=O) groups excluding carboxylic acids is 2. The van der Waals surface area contributed by atoms with Crippen molar-refractivity contribution >= 4 is 28.2 Å². The van der Waals surface area contributed by atoms with E-state index in [1.54, 1.807) is 13.1 Å². The molecule has 13 heavy (non-hydrogen) atoms. The number of esters is 1. The van der Waals surface area contributed by atoms with Crippen LogP contribution in [0, 0.1) is 0 Å². The molecule has 0 unspecified atom stereocenters. The van der Waals surface area contributed by atoms with Gasteiger partial charge in [-0.05, 0) is 22.0 Å². The zero-order chi connectivity index (χ0) is 10.0. The average molecular weight is 246 g/mol. The molecular formula is C8H8BrNO3. The normalized spacial score (nSPS) is 9.77. The first-order valence-electron chi connectivity index (χ1n) is 3.50. The van der Waals surface area contributed by atoms with Crippen LogP contribution in [0.4, 0.5) is 0 Å². The van der Waals surface area contributed by atoms with Crippen LogP contribution in [0.1, 0.15) is 21.0 Å². The van der Waals surface area contributed by atoms with Gasteiger partial charge < -0.3 is 9.30 Å². The number of ether oxygens (including phenoxy) is 1. The summed E-state index contributed by atoms with van der Waals surface area (Å²) in [6.45, 7) is 0. The zero-order valence-corrected chi connectivity index (χ0v) is 8.79. The number of rotatable bonds is 2. The zero-order valence-electron chi connectivity index (χ0n) is 7.20. The van der Waals surface area contributed by atoms with Gasteiger partial charge in [-0.15, -0.1) is 0 Å². The molecule has 0 saturated heterocycles. The van der Waals surface area contributed by atoms with E-state index in [9.17, 15) is 9.59 Å². The van der Waals surface area contributed by atoms with Crippen LogP contribution >= 0.6 is 15.9 Å². The Morgan fingerprint density at radius 1 is 1.69 bits per heavy atom. The van der Waals surface area contributed by atoms with Crippen LogP contribution in [0.3, 0.4) is 0 Å². The van der Waals surface area contributed by atoms with Crippen LogP contribution in [0.5, 0.6) is 0 Å². The summed E-state index contributed by atoms with van der Waals surface area (Å²) in [6, 6.07) is 1.55. The molecule has 1 rings (SSSR count). The second-order valence-corrected chi connectivity index (χ2v) is 3.29. The molecule has 0 aromatic carbocycles. The van der Waals surface area contributed by atoms with Gasteiger partial charge in [0.05, 0.1) is 12.8 Å². The predicted octanol–water partition coefficient (Wildman–Crippen LogP) is 1.39. The van der Waals surface area contributed by atoms with Gasteiger partial charge in [-0.1, -0.05) is 0 Å². The molecule has 0 aliphatic heterocycles. The largest absolute Gasteiger partial charge is 0.464 e.